The normalized spacial score (nSPS) is 36.3. The lowest BCUT2D eigenvalue weighted by atomic mass is 9.47. The monoisotopic (exact) mass is 434 g/mol. The number of primary amides is 1. The molecule has 10 heteroatoms. The lowest BCUT2D eigenvalue weighted by Crippen LogP contribution is -2.62. The lowest BCUT2D eigenvalue weighted by Gasteiger charge is -2.59. The zero-order chi connectivity index (χ0) is 21.3. The summed E-state index contributed by atoms with van der Waals surface area (Å²) >= 11 is -2.50. The van der Waals surface area contributed by atoms with Crippen molar-refractivity contribution in [1.82, 2.24) is 15.1 Å². The largest absolute Gasteiger partial charge is 0.755 e. The SMILES string of the molecule is Cn1nccc1N(CC1(C(=O)NC2C3CC4CC2CC(C(N)=O)(C4)C3)CC1)S(=O)[O-]. The highest BCUT2D eigenvalue weighted by Crippen LogP contribution is 2.60. The number of nitrogens with one attached hydrogen (secondary N) is 1. The van der Waals surface area contributed by atoms with Crippen molar-refractivity contribution in [3.05, 3.63) is 12.3 Å². The maximum atomic E-state index is 13.3. The molecule has 5 aliphatic rings. The zero-order valence-electron chi connectivity index (χ0n) is 17.1. The molecule has 3 unspecified atom stereocenters. The average Bonchev–Trinajstić information content (AvgIpc) is 3.35. The zero-order valence-corrected chi connectivity index (χ0v) is 17.9. The third-order valence-electron chi connectivity index (χ3n) is 8.11. The van der Waals surface area contributed by atoms with Crippen molar-refractivity contribution in [2.75, 3.05) is 10.8 Å². The summed E-state index contributed by atoms with van der Waals surface area (Å²) in [5.74, 6) is 1.29. The van der Waals surface area contributed by atoms with Gasteiger partial charge in [0.2, 0.25) is 11.8 Å². The van der Waals surface area contributed by atoms with Gasteiger partial charge in [0, 0.05) is 42.4 Å². The number of rotatable bonds is 7. The van der Waals surface area contributed by atoms with Gasteiger partial charge in [-0.3, -0.25) is 22.8 Å². The van der Waals surface area contributed by atoms with Crippen LogP contribution in [0.2, 0.25) is 0 Å². The van der Waals surface area contributed by atoms with E-state index in [1.807, 2.05) is 0 Å². The van der Waals surface area contributed by atoms with Crippen molar-refractivity contribution in [1.29, 1.82) is 0 Å². The second-order valence-electron chi connectivity index (χ2n) is 9.96. The van der Waals surface area contributed by atoms with Gasteiger partial charge in [-0.1, -0.05) is 0 Å². The van der Waals surface area contributed by atoms with Crippen LogP contribution in [0.15, 0.2) is 12.3 Å². The molecule has 3 N–H and O–H groups in total. The maximum Gasteiger partial charge on any atom is 0.228 e. The van der Waals surface area contributed by atoms with Crippen LogP contribution in [0.1, 0.15) is 44.9 Å². The highest BCUT2D eigenvalue weighted by molar-refractivity contribution is 7.80. The minimum atomic E-state index is -2.50. The fourth-order valence-corrected chi connectivity index (χ4v) is 7.25. The number of nitrogens with zero attached hydrogens (tertiary/aromatic N) is 3. The molecule has 1 heterocycles. The summed E-state index contributed by atoms with van der Waals surface area (Å²) in [7, 11) is 1.68. The van der Waals surface area contributed by atoms with Crippen LogP contribution in [0.25, 0.3) is 0 Å². The molecule has 0 radical (unpaired) electrons. The Hall–Kier alpha value is -1.94. The first-order valence-corrected chi connectivity index (χ1v) is 11.7. The predicted octanol–water partition coefficient (Wildman–Crippen LogP) is 0.597. The van der Waals surface area contributed by atoms with Crippen molar-refractivity contribution in [2.45, 2.75) is 51.0 Å². The van der Waals surface area contributed by atoms with Crippen LogP contribution in [0, 0.1) is 28.6 Å². The van der Waals surface area contributed by atoms with Crippen LogP contribution in [0.4, 0.5) is 5.82 Å². The molecule has 164 valence electrons. The molecule has 0 aromatic carbocycles. The maximum absolute atomic E-state index is 13.3. The lowest BCUT2D eigenvalue weighted by molar-refractivity contribution is -0.148. The molecule has 5 aliphatic carbocycles. The van der Waals surface area contributed by atoms with E-state index in [0.717, 1.165) is 32.1 Å². The smallest absolute Gasteiger partial charge is 0.228 e. The molecular formula is C20H28N5O4S-. The van der Waals surface area contributed by atoms with E-state index in [4.69, 9.17) is 5.73 Å². The molecule has 30 heavy (non-hydrogen) atoms. The molecular weight excluding hydrogens is 406 g/mol. The van der Waals surface area contributed by atoms with Crippen LogP contribution in [-0.4, -0.2) is 42.9 Å². The summed E-state index contributed by atoms with van der Waals surface area (Å²) in [6, 6.07) is 1.69. The van der Waals surface area contributed by atoms with Crippen molar-refractivity contribution < 1.29 is 18.4 Å². The molecule has 0 spiro atoms. The number of amides is 2. The van der Waals surface area contributed by atoms with Gasteiger partial charge in [0.1, 0.15) is 5.82 Å². The van der Waals surface area contributed by atoms with E-state index in [-0.39, 0.29) is 41.7 Å². The molecule has 1 aromatic heterocycles. The van der Waals surface area contributed by atoms with Gasteiger partial charge in [-0.2, -0.15) is 5.10 Å². The quantitative estimate of drug-likeness (QED) is 0.606. The number of anilines is 1. The first-order chi connectivity index (χ1) is 14.2. The summed E-state index contributed by atoms with van der Waals surface area (Å²) in [6.07, 6.45) is 7.37. The first-order valence-electron chi connectivity index (χ1n) is 10.7. The molecule has 4 bridgehead atoms. The van der Waals surface area contributed by atoms with Gasteiger partial charge in [0.15, 0.2) is 0 Å². The minimum absolute atomic E-state index is 0.0573. The highest BCUT2D eigenvalue weighted by atomic mass is 32.2. The van der Waals surface area contributed by atoms with Crippen molar-refractivity contribution >= 4 is 28.9 Å². The Labute approximate surface area is 178 Å². The Morgan fingerprint density at radius 2 is 2.00 bits per heavy atom. The van der Waals surface area contributed by atoms with Gasteiger partial charge in [0.25, 0.3) is 0 Å². The first kappa shape index (κ1) is 20.0. The number of aromatic nitrogens is 2. The Bertz CT molecular complexity index is 897. The predicted molar refractivity (Wildman–Crippen MR) is 108 cm³/mol. The van der Waals surface area contributed by atoms with E-state index in [1.54, 1.807) is 13.1 Å². The van der Waals surface area contributed by atoms with E-state index in [0.29, 0.717) is 24.6 Å². The number of carbonyl (C=O) groups is 2. The van der Waals surface area contributed by atoms with Crippen LogP contribution in [0.3, 0.4) is 0 Å². The van der Waals surface area contributed by atoms with Crippen molar-refractivity contribution in [3.63, 3.8) is 0 Å². The highest BCUT2D eigenvalue weighted by Gasteiger charge is 2.59. The van der Waals surface area contributed by atoms with Gasteiger partial charge in [-0.25, -0.2) is 0 Å². The second kappa shape index (κ2) is 6.78. The number of hydrogen-bond acceptors (Lipinski definition) is 5. The fourth-order valence-electron chi connectivity index (χ4n) is 6.57. The topological polar surface area (TPSA) is 133 Å². The molecule has 9 nitrogen and oxygen atoms in total. The standard InChI is InChI=1S/C20H29N5O4S/c1-24-15(2-5-22-24)25(30(28)29)11-19(3-4-19)18(27)23-16-13-6-12-7-14(16)10-20(8-12,9-13)17(21)26/h2,5,12-14,16H,3-4,6-11H2,1H3,(H2,21,26)(H,23,27)(H,28,29)/p-1. The Balaban J connectivity index is 1.31. The van der Waals surface area contributed by atoms with Crippen molar-refractivity contribution in [3.8, 4) is 0 Å². The van der Waals surface area contributed by atoms with E-state index in [2.05, 4.69) is 10.4 Å². The van der Waals surface area contributed by atoms with Gasteiger partial charge < -0.3 is 15.6 Å². The van der Waals surface area contributed by atoms with E-state index < -0.39 is 16.7 Å². The van der Waals surface area contributed by atoms with Crippen LogP contribution < -0.4 is 15.4 Å². The molecule has 2 amide bonds. The van der Waals surface area contributed by atoms with Gasteiger partial charge in [-0.05, 0) is 62.7 Å². The molecule has 0 aliphatic heterocycles. The number of hydrogen-bond donors (Lipinski definition) is 2. The van der Waals surface area contributed by atoms with Crippen LogP contribution >= 0.6 is 0 Å². The van der Waals surface area contributed by atoms with Crippen LogP contribution in [0.5, 0.6) is 0 Å². The third-order valence-corrected chi connectivity index (χ3v) is 8.78. The Morgan fingerprint density at radius 3 is 2.50 bits per heavy atom. The minimum Gasteiger partial charge on any atom is -0.755 e. The number of nitrogens with two attached hydrogens (primary N) is 1. The Kier molecular flexibility index (Phi) is 4.52. The van der Waals surface area contributed by atoms with Crippen molar-refractivity contribution in [2.24, 2.45) is 41.4 Å². The molecule has 5 saturated carbocycles. The second-order valence-corrected chi connectivity index (χ2v) is 10.8. The number of carbonyl (C=O) groups excluding carboxylic acids is 2. The third kappa shape index (κ3) is 3.07. The summed E-state index contributed by atoms with van der Waals surface area (Å²) in [5.41, 5.74) is 4.68. The summed E-state index contributed by atoms with van der Waals surface area (Å²) in [5, 5.41) is 7.33. The van der Waals surface area contributed by atoms with Crippen LogP contribution in [-0.2, 0) is 27.9 Å². The molecule has 0 saturated heterocycles. The molecule has 5 fully saturated rings. The summed E-state index contributed by atoms with van der Waals surface area (Å²) in [4.78, 5) is 25.4. The number of aryl methyl sites for hydroxylation is 1. The van der Waals surface area contributed by atoms with E-state index in [1.165, 1.54) is 15.2 Å². The molecule has 1 aromatic rings. The summed E-state index contributed by atoms with van der Waals surface area (Å²) in [6.45, 7) is 0.115. The Morgan fingerprint density at radius 1 is 1.33 bits per heavy atom. The average molecular weight is 435 g/mol. The van der Waals surface area contributed by atoms with Gasteiger partial charge in [-0.15, -0.1) is 0 Å². The van der Waals surface area contributed by atoms with E-state index >= 15 is 0 Å². The van der Waals surface area contributed by atoms with Gasteiger partial charge >= 0.3 is 0 Å². The molecule has 3 atom stereocenters. The van der Waals surface area contributed by atoms with E-state index in [9.17, 15) is 18.4 Å². The fraction of sp³-hybridized carbons (Fsp3) is 0.750. The molecule has 6 rings (SSSR count). The summed E-state index contributed by atoms with van der Waals surface area (Å²) < 4.78 is 26.5. The van der Waals surface area contributed by atoms with Gasteiger partial charge in [0.05, 0.1) is 11.6 Å².